The lowest BCUT2D eigenvalue weighted by molar-refractivity contribution is -0.150. The summed E-state index contributed by atoms with van der Waals surface area (Å²) in [5.41, 5.74) is 1.39. The molecule has 1 unspecified atom stereocenters. The highest BCUT2D eigenvalue weighted by molar-refractivity contribution is 5.91. The van der Waals surface area contributed by atoms with Crippen molar-refractivity contribution in [2.45, 2.75) is 26.7 Å². The first-order valence-electron chi connectivity index (χ1n) is 9.47. The second kappa shape index (κ2) is 8.97. The van der Waals surface area contributed by atoms with Crippen molar-refractivity contribution in [3.8, 4) is 5.69 Å². The molecule has 150 valence electrons. The van der Waals surface area contributed by atoms with Crippen molar-refractivity contribution < 1.29 is 18.7 Å². The van der Waals surface area contributed by atoms with Crippen LogP contribution in [0, 0.1) is 18.7 Å². The number of aryl methyl sites for hydroxylation is 1. The number of nitrogens with zero attached hydrogens (tertiary/aromatic N) is 3. The quantitative estimate of drug-likeness (QED) is 0.770. The Bertz CT molecular complexity index is 834. The van der Waals surface area contributed by atoms with Crippen LogP contribution in [-0.4, -0.2) is 52.8 Å². The Morgan fingerprint density at radius 3 is 2.79 bits per heavy atom. The maximum absolute atomic E-state index is 13.2. The van der Waals surface area contributed by atoms with Gasteiger partial charge in [0.1, 0.15) is 11.6 Å². The van der Waals surface area contributed by atoms with Gasteiger partial charge in [-0.1, -0.05) is 0 Å². The lowest BCUT2D eigenvalue weighted by Crippen LogP contribution is -2.43. The van der Waals surface area contributed by atoms with Crippen molar-refractivity contribution in [1.29, 1.82) is 0 Å². The fourth-order valence-electron chi connectivity index (χ4n) is 3.40. The van der Waals surface area contributed by atoms with E-state index in [4.69, 9.17) is 4.74 Å². The van der Waals surface area contributed by atoms with Crippen LogP contribution < -0.4 is 5.32 Å². The normalized spacial score (nSPS) is 17.3. The molecule has 2 aromatic rings. The monoisotopic (exact) mass is 388 g/mol. The van der Waals surface area contributed by atoms with Crippen LogP contribution >= 0.6 is 0 Å². The minimum Gasteiger partial charge on any atom is -0.466 e. The van der Waals surface area contributed by atoms with Gasteiger partial charge >= 0.3 is 5.97 Å². The van der Waals surface area contributed by atoms with Crippen LogP contribution in [0.1, 0.15) is 25.5 Å². The van der Waals surface area contributed by atoms with Crippen LogP contribution in [0.5, 0.6) is 0 Å². The molecule has 1 amide bonds. The van der Waals surface area contributed by atoms with E-state index in [-0.39, 0.29) is 30.2 Å². The van der Waals surface area contributed by atoms with Gasteiger partial charge in [-0.25, -0.2) is 9.07 Å². The van der Waals surface area contributed by atoms with E-state index >= 15 is 0 Å². The predicted octanol–water partition coefficient (Wildman–Crippen LogP) is 2.53. The molecule has 1 aromatic heterocycles. The Hall–Kier alpha value is -2.74. The predicted molar refractivity (Wildman–Crippen MR) is 103 cm³/mol. The highest BCUT2D eigenvalue weighted by atomic mass is 19.1. The summed E-state index contributed by atoms with van der Waals surface area (Å²) < 4.78 is 19.9. The van der Waals surface area contributed by atoms with E-state index in [0.717, 1.165) is 25.1 Å². The van der Waals surface area contributed by atoms with Gasteiger partial charge < -0.3 is 10.1 Å². The zero-order valence-corrected chi connectivity index (χ0v) is 16.2. The second-order valence-electron chi connectivity index (χ2n) is 6.93. The number of amides is 1. The fraction of sp³-hybridized carbons (Fsp3) is 0.450. The van der Waals surface area contributed by atoms with Crippen molar-refractivity contribution in [3.63, 3.8) is 0 Å². The highest BCUT2D eigenvalue weighted by Crippen LogP contribution is 2.20. The van der Waals surface area contributed by atoms with Gasteiger partial charge in [-0.15, -0.1) is 0 Å². The van der Waals surface area contributed by atoms with E-state index in [1.807, 2.05) is 11.8 Å². The molecule has 1 saturated heterocycles. The summed E-state index contributed by atoms with van der Waals surface area (Å²) in [6, 6.07) is 7.67. The molecule has 0 aliphatic carbocycles. The van der Waals surface area contributed by atoms with Crippen LogP contribution in [0.2, 0.25) is 0 Å². The molecule has 2 heterocycles. The smallest absolute Gasteiger partial charge is 0.310 e. The van der Waals surface area contributed by atoms with E-state index in [0.29, 0.717) is 24.7 Å². The van der Waals surface area contributed by atoms with Gasteiger partial charge in [0.25, 0.3) is 0 Å². The number of carbonyl (C=O) groups is 2. The molecule has 1 aromatic carbocycles. The van der Waals surface area contributed by atoms with Crippen molar-refractivity contribution in [3.05, 3.63) is 41.8 Å². The number of rotatable bonds is 6. The number of hydrogen-bond acceptors (Lipinski definition) is 5. The average molecular weight is 388 g/mol. The third-order valence-corrected chi connectivity index (χ3v) is 4.66. The highest BCUT2D eigenvalue weighted by Gasteiger charge is 2.28. The molecule has 28 heavy (non-hydrogen) atoms. The van der Waals surface area contributed by atoms with Crippen LogP contribution in [0.3, 0.4) is 0 Å². The van der Waals surface area contributed by atoms with Crippen molar-refractivity contribution in [1.82, 2.24) is 14.7 Å². The Morgan fingerprint density at radius 1 is 1.32 bits per heavy atom. The molecule has 0 bridgehead atoms. The zero-order valence-electron chi connectivity index (χ0n) is 16.2. The van der Waals surface area contributed by atoms with Crippen LogP contribution in [0.4, 0.5) is 10.2 Å². The van der Waals surface area contributed by atoms with Gasteiger partial charge in [-0.3, -0.25) is 14.5 Å². The number of esters is 1. The lowest BCUT2D eigenvalue weighted by atomic mass is 9.98. The number of likely N-dealkylation sites (tertiary alicyclic amines) is 1. The van der Waals surface area contributed by atoms with Crippen LogP contribution in [0.25, 0.3) is 5.69 Å². The first kappa shape index (κ1) is 20.0. The first-order chi connectivity index (χ1) is 13.5. The molecule has 1 aliphatic heterocycles. The second-order valence-corrected chi connectivity index (χ2v) is 6.93. The molecule has 0 saturated carbocycles. The molecule has 7 nitrogen and oxygen atoms in total. The van der Waals surface area contributed by atoms with Gasteiger partial charge in [0.05, 0.1) is 30.5 Å². The van der Waals surface area contributed by atoms with E-state index in [1.54, 1.807) is 29.8 Å². The molecule has 1 fully saturated rings. The van der Waals surface area contributed by atoms with E-state index in [2.05, 4.69) is 10.4 Å². The maximum atomic E-state index is 13.2. The Kier molecular flexibility index (Phi) is 6.41. The minimum atomic E-state index is -0.334. The number of halogens is 1. The molecule has 8 heteroatoms. The van der Waals surface area contributed by atoms with E-state index < -0.39 is 0 Å². The molecule has 0 radical (unpaired) electrons. The third kappa shape index (κ3) is 4.95. The number of hydrogen-bond donors (Lipinski definition) is 1. The number of benzene rings is 1. The summed E-state index contributed by atoms with van der Waals surface area (Å²) in [7, 11) is 0. The number of nitrogens with one attached hydrogen (secondary N) is 1. The third-order valence-electron chi connectivity index (χ3n) is 4.66. The van der Waals surface area contributed by atoms with Crippen molar-refractivity contribution in [2.75, 3.05) is 31.6 Å². The Morgan fingerprint density at radius 2 is 2.07 bits per heavy atom. The number of anilines is 1. The molecular formula is C20H25FN4O3. The summed E-state index contributed by atoms with van der Waals surface area (Å²) in [5, 5.41) is 7.24. The van der Waals surface area contributed by atoms with Crippen molar-refractivity contribution in [2.24, 2.45) is 5.92 Å². The van der Waals surface area contributed by atoms with Gasteiger partial charge in [0.15, 0.2) is 0 Å². The Balaban J connectivity index is 1.64. The van der Waals surface area contributed by atoms with Gasteiger partial charge in [-0.05, 0) is 57.5 Å². The Labute approximate surface area is 163 Å². The summed E-state index contributed by atoms with van der Waals surface area (Å²) in [4.78, 5) is 26.5. The summed E-state index contributed by atoms with van der Waals surface area (Å²) in [6.07, 6.45) is 1.64. The molecule has 3 rings (SSSR count). The van der Waals surface area contributed by atoms with Gasteiger partial charge in [0, 0.05) is 12.6 Å². The summed E-state index contributed by atoms with van der Waals surface area (Å²) >= 11 is 0. The molecule has 1 atom stereocenters. The first-order valence-corrected chi connectivity index (χ1v) is 9.47. The minimum absolute atomic E-state index is 0.184. The number of aromatic nitrogens is 2. The van der Waals surface area contributed by atoms with Gasteiger partial charge in [0.2, 0.25) is 5.91 Å². The number of ether oxygens (including phenoxy) is 1. The SMILES string of the molecule is CCOC(=O)C1CCCN(CC(=O)Nc2cc(C)nn2-c2ccc(F)cc2)C1. The summed E-state index contributed by atoms with van der Waals surface area (Å²) in [6.45, 7) is 5.44. The van der Waals surface area contributed by atoms with Gasteiger partial charge in [-0.2, -0.15) is 5.10 Å². The largest absolute Gasteiger partial charge is 0.466 e. The van der Waals surface area contributed by atoms with E-state index in [1.165, 1.54) is 12.1 Å². The standard InChI is InChI=1S/C20H25FN4O3/c1-3-28-20(27)15-5-4-10-24(12-15)13-19(26)22-18-11-14(2)23-25(18)17-8-6-16(21)7-9-17/h6-9,11,15H,3-5,10,12-13H2,1-2H3,(H,22,26). The zero-order chi connectivity index (χ0) is 20.1. The summed E-state index contributed by atoms with van der Waals surface area (Å²) in [5.74, 6) is -0.383. The topological polar surface area (TPSA) is 76.5 Å². The van der Waals surface area contributed by atoms with Crippen molar-refractivity contribution >= 4 is 17.7 Å². The average Bonchev–Trinajstić information content (AvgIpc) is 3.02. The molecule has 1 aliphatic rings. The molecule has 1 N–H and O–H groups in total. The van der Waals surface area contributed by atoms with E-state index in [9.17, 15) is 14.0 Å². The van der Waals surface area contributed by atoms with Crippen LogP contribution in [-0.2, 0) is 14.3 Å². The molecular weight excluding hydrogens is 363 g/mol. The van der Waals surface area contributed by atoms with Crippen LogP contribution in [0.15, 0.2) is 30.3 Å². The fourth-order valence-corrected chi connectivity index (χ4v) is 3.40. The lowest BCUT2D eigenvalue weighted by Gasteiger charge is -2.30. The number of carbonyl (C=O) groups excluding carboxylic acids is 2. The maximum Gasteiger partial charge on any atom is 0.310 e. The number of piperidine rings is 1. The molecule has 0 spiro atoms.